The molecular weight excluding hydrogens is 246 g/mol. The lowest BCUT2D eigenvalue weighted by molar-refractivity contribution is 0.547. The lowest BCUT2D eigenvalue weighted by atomic mass is 9.90. The molecule has 0 saturated carbocycles. The quantitative estimate of drug-likeness (QED) is 0.792. The third kappa shape index (κ3) is 5.91. The minimum atomic E-state index is 0.0801. The molecule has 3 heteroatoms. The number of anilines is 1. The van der Waals surface area contributed by atoms with E-state index >= 15 is 0 Å². The smallest absolute Gasteiger partial charge is 0.126 e. The van der Waals surface area contributed by atoms with Crippen LogP contribution in [0.5, 0.6) is 0 Å². The van der Waals surface area contributed by atoms with Crippen LogP contribution in [-0.2, 0) is 12.0 Å². The van der Waals surface area contributed by atoms with Gasteiger partial charge in [0.15, 0.2) is 0 Å². The highest BCUT2D eigenvalue weighted by molar-refractivity contribution is 5.41. The predicted molar refractivity (Wildman–Crippen MR) is 88.3 cm³/mol. The number of rotatable bonds is 7. The van der Waals surface area contributed by atoms with Crippen LogP contribution in [0.15, 0.2) is 12.1 Å². The van der Waals surface area contributed by atoms with Gasteiger partial charge in [0.05, 0.1) is 0 Å². The molecule has 114 valence electrons. The second kappa shape index (κ2) is 7.63. The molecule has 0 fully saturated rings. The Bertz CT molecular complexity index is 405. The third-order valence-corrected chi connectivity index (χ3v) is 3.09. The Hall–Kier alpha value is -1.09. The molecule has 1 rings (SSSR count). The molecule has 0 atom stereocenters. The molecule has 2 N–H and O–H groups in total. The average Bonchev–Trinajstić information content (AvgIpc) is 2.34. The fourth-order valence-corrected chi connectivity index (χ4v) is 1.92. The van der Waals surface area contributed by atoms with Gasteiger partial charge in [-0.2, -0.15) is 0 Å². The Morgan fingerprint density at radius 1 is 1.20 bits per heavy atom. The van der Waals surface area contributed by atoms with Crippen LogP contribution in [0.25, 0.3) is 0 Å². The van der Waals surface area contributed by atoms with E-state index < -0.39 is 0 Å². The molecule has 0 saturated heterocycles. The second-order valence-corrected chi connectivity index (χ2v) is 6.95. The van der Waals surface area contributed by atoms with E-state index in [4.69, 9.17) is 4.98 Å². The second-order valence-electron chi connectivity index (χ2n) is 6.95. The normalized spacial score (nSPS) is 11.9. The van der Waals surface area contributed by atoms with Crippen molar-refractivity contribution in [1.29, 1.82) is 0 Å². The highest BCUT2D eigenvalue weighted by Gasteiger charge is 2.17. The molecule has 0 aliphatic carbocycles. The van der Waals surface area contributed by atoms with Gasteiger partial charge in [-0.25, -0.2) is 4.98 Å². The van der Waals surface area contributed by atoms with Gasteiger partial charge in [0.2, 0.25) is 0 Å². The molecule has 20 heavy (non-hydrogen) atoms. The first kappa shape index (κ1) is 17.0. The molecule has 1 aromatic rings. The van der Waals surface area contributed by atoms with Gasteiger partial charge in [-0.15, -0.1) is 0 Å². The number of pyridine rings is 1. The van der Waals surface area contributed by atoms with E-state index in [1.54, 1.807) is 0 Å². The van der Waals surface area contributed by atoms with Gasteiger partial charge in [0, 0.05) is 24.2 Å². The zero-order valence-electron chi connectivity index (χ0n) is 14.0. The maximum Gasteiger partial charge on any atom is 0.126 e. The van der Waals surface area contributed by atoms with E-state index in [9.17, 15) is 0 Å². The molecule has 1 heterocycles. The van der Waals surface area contributed by atoms with Gasteiger partial charge in [0.25, 0.3) is 0 Å². The summed E-state index contributed by atoms with van der Waals surface area (Å²) in [5.74, 6) is 1.68. The van der Waals surface area contributed by atoms with Crippen LogP contribution in [0.1, 0.15) is 59.2 Å². The van der Waals surface area contributed by atoms with Crippen LogP contribution in [0.3, 0.4) is 0 Å². The van der Waals surface area contributed by atoms with Gasteiger partial charge in [-0.05, 0) is 36.6 Å². The summed E-state index contributed by atoms with van der Waals surface area (Å²) in [6.07, 6.45) is 1.11. The molecule has 0 bridgehead atoms. The minimum absolute atomic E-state index is 0.0801. The topological polar surface area (TPSA) is 37.0 Å². The van der Waals surface area contributed by atoms with Crippen LogP contribution in [0.2, 0.25) is 0 Å². The number of aromatic nitrogens is 1. The van der Waals surface area contributed by atoms with Gasteiger partial charge in [0.1, 0.15) is 5.82 Å². The summed E-state index contributed by atoms with van der Waals surface area (Å²) in [5.41, 5.74) is 2.54. The maximum atomic E-state index is 4.75. The van der Waals surface area contributed by atoms with E-state index in [2.05, 4.69) is 64.3 Å². The van der Waals surface area contributed by atoms with Gasteiger partial charge in [-0.3, -0.25) is 0 Å². The van der Waals surface area contributed by atoms with Crippen LogP contribution in [0.4, 0.5) is 5.82 Å². The maximum absolute atomic E-state index is 4.75. The predicted octanol–water partition coefficient (Wildman–Crippen LogP) is 3.95. The molecule has 0 unspecified atom stereocenters. The van der Waals surface area contributed by atoms with Crippen molar-refractivity contribution in [2.45, 2.75) is 59.9 Å². The molecule has 0 spiro atoms. The Morgan fingerprint density at radius 3 is 2.45 bits per heavy atom. The summed E-state index contributed by atoms with van der Waals surface area (Å²) >= 11 is 0. The van der Waals surface area contributed by atoms with Crippen LogP contribution >= 0.6 is 0 Å². The SMILES string of the molecule is CCCNc1cc(CNCC(C)C)cc(C(C)(C)C)n1. The summed E-state index contributed by atoms with van der Waals surface area (Å²) < 4.78 is 0. The minimum Gasteiger partial charge on any atom is -0.370 e. The third-order valence-electron chi connectivity index (χ3n) is 3.09. The van der Waals surface area contributed by atoms with Crippen LogP contribution in [0, 0.1) is 5.92 Å². The number of nitrogens with zero attached hydrogens (tertiary/aromatic N) is 1. The summed E-state index contributed by atoms with van der Waals surface area (Å²) in [6, 6.07) is 4.39. The first-order chi connectivity index (χ1) is 9.32. The molecule has 0 radical (unpaired) electrons. The van der Waals surface area contributed by atoms with Gasteiger partial charge in [-0.1, -0.05) is 41.5 Å². The van der Waals surface area contributed by atoms with Crippen molar-refractivity contribution in [3.8, 4) is 0 Å². The first-order valence-electron chi connectivity index (χ1n) is 7.79. The van der Waals surface area contributed by atoms with Crippen LogP contribution < -0.4 is 10.6 Å². The van der Waals surface area contributed by atoms with E-state index in [0.717, 1.165) is 37.6 Å². The molecule has 0 aliphatic rings. The van der Waals surface area contributed by atoms with E-state index in [-0.39, 0.29) is 5.41 Å². The zero-order valence-corrected chi connectivity index (χ0v) is 14.0. The standard InChI is InChI=1S/C17H31N3/c1-7-8-19-16-10-14(12-18-11-13(2)3)9-15(20-16)17(4,5)6/h9-10,13,18H,7-8,11-12H2,1-6H3,(H,19,20). The van der Waals surface area contributed by atoms with Crippen molar-refractivity contribution in [1.82, 2.24) is 10.3 Å². The Kier molecular flexibility index (Phi) is 6.47. The Labute approximate surface area is 124 Å². The highest BCUT2D eigenvalue weighted by atomic mass is 15.0. The Morgan fingerprint density at radius 2 is 1.90 bits per heavy atom. The van der Waals surface area contributed by atoms with Crippen molar-refractivity contribution < 1.29 is 0 Å². The fourth-order valence-electron chi connectivity index (χ4n) is 1.92. The largest absolute Gasteiger partial charge is 0.370 e. The van der Waals surface area contributed by atoms with Gasteiger partial charge >= 0.3 is 0 Å². The van der Waals surface area contributed by atoms with Crippen molar-refractivity contribution in [3.05, 3.63) is 23.4 Å². The molecule has 1 aromatic heterocycles. The number of hydrogen-bond donors (Lipinski definition) is 2. The average molecular weight is 277 g/mol. The van der Waals surface area contributed by atoms with Crippen molar-refractivity contribution in [2.75, 3.05) is 18.4 Å². The zero-order chi connectivity index (χ0) is 15.2. The lowest BCUT2D eigenvalue weighted by Gasteiger charge is -2.20. The summed E-state index contributed by atoms with van der Waals surface area (Å²) in [6.45, 7) is 16.2. The molecule has 0 aliphatic heterocycles. The van der Waals surface area contributed by atoms with Crippen molar-refractivity contribution in [2.24, 2.45) is 5.92 Å². The van der Waals surface area contributed by atoms with Gasteiger partial charge < -0.3 is 10.6 Å². The first-order valence-corrected chi connectivity index (χ1v) is 7.79. The molecule has 0 aromatic carbocycles. The molecule has 0 amide bonds. The summed E-state index contributed by atoms with van der Waals surface area (Å²) in [4.78, 5) is 4.75. The van der Waals surface area contributed by atoms with Crippen LogP contribution in [-0.4, -0.2) is 18.1 Å². The van der Waals surface area contributed by atoms with E-state index in [1.165, 1.54) is 5.56 Å². The monoisotopic (exact) mass is 277 g/mol. The Balaban J connectivity index is 2.86. The summed E-state index contributed by atoms with van der Waals surface area (Å²) in [7, 11) is 0. The molecular formula is C17H31N3. The highest BCUT2D eigenvalue weighted by Crippen LogP contribution is 2.23. The fraction of sp³-hybridized carbons (Fsp3) is 0.706. The molecule has 3 nitrogen and oxygen atoms in total. The van der Waals surface area contributed by atoms with E-state index in [0.29, 0.717) is 5.92 Å². The van der Waals surface area contributed by atoms with Crippen molar-refractivity contribution in [3.63, 3.8) is 0 Å². The summed E-state index contributed by atoms with van der Waals surface area (Å²) in [5, 5.41) is 6.92. The van der Waals surface area contributed by atoms with Crippen molar-refractivity contribution >= 4 is 5.82 Å². The number of nitrogens with one attached hydrogen (secondary N) is 2. The lowest BCUT2D eigenvalue weighted by Crippen LogP contribution is -2.21. The number of hydrogen-bond acceptors (Lipinski definition) is 3. The van der Waals surface area contributed by atoms with E-state index in [1.807, 2.05) is 0 Å².